The van der Waals surface area contributed by atoms with Crippen LogP contribution in [0.25, 0.3) is 0 Å². The van der Waals surface area contributed by atoms with Crippen molar-refractivity contribution in [3.05, 3.63) is 23.3 Å². The molecule has 0 saturated heterocycles. The summed E-state index contributed by atoms with van der Waals surface area (Å²) in [6.07, 6.45) is 6.06. The predicted molar refractivity (Wildman–Crippen MR) is 57.8 cm³/mol. The average Bonchev–Trinajstić information content (AvgIpc) is 2.27. The number of ketones is 1. The van der Waals surface area contributed by atoms with Crippen LogP contribution >= 0.6 is 0 Å². The van der Waals surface area contributed by atoms with Crippen molar-refractivity contribution in [1.29, 1.82) is 0 Å². The van der Waals surface area contributed by atoms with Gasteiger partial charge >= 0.3 is 0 Å². The van der Waals surface area contributed by atoms with Crippen LogP contribution in [0, 0.1) is 0 Å². The van der Waals surface area contributed by atoms with Gasteiger partial charge in [0, 0.05) is 5.69 Å². The lowest BCUT2D eigenvalue weighted by Gasteiger charge is -2.19. The van der Waals surface area contributed by atoms with Gasteiger partial charge in [0.1, 0.15) is 12.1 Å². The molecule has 15 heavy (non-hydrogen) atoms. The number of carbonyl (C=O) groups is 1. The Hall–Kier alpha value is -1.25. The molecule has 1 aromatic heterocycles. The van der Waals surface area contributed by atoms with Crippen LogP contribution in [0.15, 0.2) is 6.33 Å². The minimum absolute atomic E-state index is 0.0835. The quantitative estimate of drug-likeness (QED) is 0.740. The number of hydrogen-bond donors (Lipinski definition) is 0. The number of carbonyl (C=O) groups excluding carboxylic acids is 1. The smallest absolute Gasteiger partial charge is 0.138 e. The van der Waals surface area contributed by atoms with Gasteiger partial charge in [-0.2, -0.15) is 0 Å². The van der Waals surface area contributed by atoms with Crippen molar-refractivity contribution in [3.8, 4) is 0 Å². The first kappa shape index (κ1) is 10.3. The SMILES string of the molecule is CC(=O)C(C)c1ncnc2c1CCCC2. The lowest BCUT2D eigenvalue weighted by Crippen LogP contribution is -2.15. The monoisotopic (exact) mass is 204 g/mol. The van der Waals surface area contributed by atoms with E-state index in [2.05, 4.69) is 9.97 Å². The molecule has 0 amide bonds. The summed E-state index contributed by atoms with van der Waals surface area (Å²) in [6.45, 7) is 3.56. The molecule has 0 spiro atoms. The van der Waals surface area contributed by atoms with E-state index >= 15 is 0 Å². The van der Waals surface area contributed by atoms with Crippen molar-refractivity contribution in [3.63, 3.8) is 0 Å². The van der Waals surface area contributed by atoms with E-state index in [9.17, 15) is 4.79 Å². The summed E-state index contributed by atoms with van der Waals surface area (Å²) in [7, 11) is 0. The van der Waals surface area contributed by atoms with Crippen LogP contribution in [0.5, 0.6) is 0 Å². The molecule has 3 nitrogen and oxygen atoms in total. The Bertz CT molecular complexity index is 387. The summed E-state index contributed by atoms with van der Waals surface area (Å²) in [5, 5.41) is 0. The van der Waals surface area contributed by atoms with Crippen molar-refractivity contribution in [2.24, 2.45) is 0 Å². The summed E-state index contributed by atoms with van der Waals surface area (Å²) < 4.78 is 0. The number of aryl methyl sites for hydroxylation is 1. The van der Waals surface area contributed by atoms with Crippen molar-refractivity contribution in [2.45, 2.75) is 45.4 Å². The first-order chi connectivity index (χ1) is 7.20. The number of aromatic nitrogens is 2. The molecule has 1 unspecified atom stereocenters. The lowest BCUT2D eigenvalue weighted by molar-refractivity contribution is -0.118. The van der Waals surface area contributed by atoms with E-state index in [1.165, 1.54) is 18.4 Å². The normalized spacial score (nSPS) is 16.9. The van der Waals surface area contributed by atoms with Gasteiger partial charge < -0.3 is 0 Å². The summed E-state index contributed by atoms with van der Waals surface area (Å²) in [5.74, 6) is 0.0984. The molecule has 1 aliphatic rings. The summed E-state index contributed by atoms with van der Waals surface area (Å²) >= 11 is 0. The van der Waals surface area contributed by atoms with Crippen LogP contribution in [0.3, 0.4) is 0 Å². The Morgan fingerprint density at radius 2 is 2.07 bits per heavy atom. The van der Waals surface area contributed by atoms with Crippen molar-refractivity contribution >= 4 is 5.78 Å². The maximum Gasteiger partial charge on any atom is 0.138 e. The fourth-order valence-electron chi connectivity index (χ4n) is 2.11. The van der Waals surface area contributed by atoms with Crippen LogP contribution in [-0.4, -0.2) is 15.8 Å². The third-order valence-corrected chi connectivity index (χ3v) is 3.18. The topological polar surface area (TPSA) is 42.9 Å². The summed E-state index contributed by atoms with van der Waals surface area (Å²) in [6, 6.07) is 0. The molecule has 0 radical (unpaired) electrons. The predicted octanol–water partition coefficient (Wildman–Crippen LogP) is 2.05. The number of nitrogens with zero attached hydrogens (tertiary/aromatic N) is 2. The molecule has 0 saturated carbocycles. The summed E-state index contributed by atoms with van der Waals surface area (Å²) in [5.41, 5.74) is 3.33. The zero-order chi connectivity index (χ0) is 10.8. The molecule has 0 fully saturated rings. The van der Waals surface area contributed by atoms with E-state index in [0.29, 0.717) is 0 Å². The molecule has 1 aliphatic carbocycles. The van der Waals surface area contributed by atoms with Gasteiger partial charge in [-0.3, -0.25) is 4.79 Å². The standard InChI is InChI=1S/C12H16N2O/c1-8(9(2)15)12-10-5-3-4-6-11(10)13-7-14-12/h7-8H,3-6H2,1-2H3. The maximum absolute atomic E-state index is 11.4. The van der Waals surface area contributed by atoms with Crippen LogP contribution in [0.2, 0.25) is 0 Å². The highest BCUT2D eigenvalue weighted by Crippen LogP contribution is 2.26. The van der Waals surface area contributed by atoms with Crippen LogP contribution in [-0.2, 0) is 17.6 Å². The first-order valence-electron chi connectivity index (χ1n) is 5.53. The number of rotatable bonds is 2. The molecule has 1 heterocycles. The second-order valence-corrected chi connectivity index (χ2v) is 4.22. The van der Waals surface area contributed by atoms with E-state index in [0.717, 1.165) is 24.2 Å². The van der Waals surface area contributed by atoms with E-state index in [1.807, 2.05) is 6.92 Å². The van der Waals surface area contributed by atoms with Crippen molar-refractivity contribution in [1.82, 2.24) is 9.97 Å². The van der Waals surface area contributed by atoms with Gasteiger partial charge in [0.2, 0.25) is 0 Å². The Kier molecular flexibility index (Phi) is 2.80. The largest absolute Gasteiger partial charge is 0.299 e. The molecular weight excluding hydrogens is 188 g/mol. The van der Waals surface area contributed by atoms with Gasteiger partial charge in [-0.25, -0.2) is 9.97 Å². The highest BCUT2D eigenvalue weighted by atomic mass is 16.1. The van der Waals surface area contributed by atoms with Crippen LogP contribution in [0.4, 0.5) is 0 Å². The minimum atomic E-state index is -0.0835. The molecule has 1 aromatic rings. The molecule has 0 aliphatic heterocycles. The van der Waals surface area contributed by atoms with Crippen LogP contribution < -0.4 is 0 Å². The van der Waals surface area contributed by atoms with Gasteiger partial charge in [0.25, 0.3) is 0 Å². The van der Waals surface area contributed by atoms with Gasteiger partial charge in [0.05, 0.1) is 11.6 Å². The zero-order valence-electron chi connectivity index (χ0n) is 9.29. The van der Waals surface area contributed by atoms with Gasteiger partial charge in [-0.15, -0.1) is 0 Å². The van der Waals surface area contributed by atoms with Gasteiger partial charge in [0.15, 0.2) is 0 Å². The molecule has 2 rings (SSSR count). The zero-order valence-corrected chi connectivity index (χ0v) is 9.29. The summed E-state index contributed by atoms with van der Waals surface area (Å²) in [4.78, 5) is 20.0. The molecule has 80 valence electrons. The Morgan fingerprint density at radius 3 is 2.80 bits per heavy atom. The van der Waals surface area contributed by atoms with E-state index < -0.39 is 0 Å². The van der Waals surface area contributed by atoms with Crippen LogP contribution in [0.1, 0.15) is 49.6 Å². The van der Waals surface area contributed by atoms with E-state index in [-0.39, 0.29) is 11.7 Å². The molecule has 3 heteroatoms. The van der Waals surface area contributed by atoms with E-state index in [1.54, 1.807) is 13.3 Å². The fourth-order valence-corrected chi connectivity index (χ4v) is 2.11. The third kappa shape index (κ3) is 1.91. The highest BCUT2D eigenvalue weighted by Gasteiger charge is 2.21. The second-order valence-electron chi connectivity index (χ2n) is 4.22. The second kappa shape index (κ2) is 4.09. The molecule has 0 N–H and O–H groups in total. The number of Topliss-reactive ketones (excluding diaryl/α,β-unsaturated/α-hetero) is 1. The molecule has 0 aromatic carbocycles. The Labute approximate surface area is 89.9 Å². The molecule has 1 atom stereocenters. The van der Waals surface area contributed by atoms with Gasteiger partial charge in [-0.05, 0) is 45.1 Å². The third-order valence-electron chi connectivity index (χ3n) is 3.18. The Morgan fingerprint density at radius 1 is 1.33 bits per heavy atom. The highest BCUT2D eigenvalue weighted by molar-refractivity contribution is 5.82. The number of hydrogen-bond acceptors (Lipinski definition) is 3. The van der Waals surface area contributed by atoms with Gasteiger partial charge in [-0.1, -0.05) is 0 Å². The Balaban J connectivity index is 2.43. The average molecular weight is 204 g/mol. The minimum Gasteiger partial charge on any atom is -0.299 e. The number of fused-ring (bicyclic) bond motifs is 1. The lowest BCUT2D eigenvalue weighted by atomic mass is 9.89. The first-order valence-corrected chi connectivity index (χ1v) is 5.53. The maximum atomic E-state index is 11.4. The fraction of sp³-hybridized carbons (Fsp3) is 0.583. The van der Waals surface area contributed by atoms with Crippen molar-refractivity contribution in [2.75, 3.05) is 0 Å². The van der Waals surface area contributed by atoms with Crippen molar-refractivity contribution < 1.29 is 4.79 Å². The molecule has 0 bridgehead atoms. The van der Waals surface area contributed by atoms with E-state index in [4.69, 9.17) is 0 Å². The molecular formula is C12H16N2O.